The van der Waals surface area contributed by atoms with E-state index in [-0.39, 0.29) is 17.9 Å². The average molecular weight is 455 g/mol. The standard InChI is InChI=1S/C24H30N4O5/c1-16-10-11-20(33-16)21(22(29)26-15-19-9-5-13-32-19)28(18-8-4-12-25-14-18)24(31)23(30)27-17-6-2-3-7-17/h4,8,10-12,14,17,19,21H,2-3,5-7,9,13,15H2,1H3,(H,26,29)(H,27,30)/t19-,21-/m1/s1. The molecule has 1 aliphatic carbocycles. The molecule has 0 bridgehead atoms. The fourth-order valence-corrected chi connectivity index (χ4v) is 4.40. The molecule has 33 heavy (non-hydrogen) atoms. The topological polar surface area (TPSA) is 114 Å². The first kappa shape index (κ1) is 23.0. The summed E-state index contributed by atoms with van der Waals surface area (Å²) in [6.07, 6.45) is 8.48. The Balaban J connectivity index is 1.63. The van der Waals surface area contributed by atoms with Gasteiger partial charge in [-0.05, 0) is 56.9 Å². The highest BCUT2D eigenvalue weighted by Crippen LogP contribution is 2.29. The van der Waals surface area contributed by atoms with Crippen LogP contribution in [0.4, 0.5) is 5.69 Å². The van der Waals surface area contributed by atoms with Gasteiger partial charge in [0.15, 0.2) is 6.04 Å². The van der Waals surface area contributed by atoms with Crippen molar-refractivity contribution in [2.45, 2.75) is 63.6 Å². The van der Waals surface area contributed by atoms with E-state index >= 15 is 0 Å². The number of furan rings is 1. The molecular formula is C24H30N4O5. The molecule has 2 N–H and O–H groups in total. The Morgan fingerprint density at radius 1 is 1.15 bits per heavy atom. The van der Waals surface area contributed by atoms with Crippen LogP contribution < -0.4 is 15.5 Å². The predicted octanol–water partition coefficient (Wildman–Crippen LogP) is 2.41. The summed E-state index contributed by atoms with van der Waals surface area (Å²) in [5.74, 6) is -1.17. The Labute approximate surface area is 192 Å². The van der Waals surface area contributed by atoms with Crippen molar-refractivity contribution in [2.75, 3.05) is 18.1 Å². The average Bonchev–Trinajstić information content (AvgIpc) is 3.59. The van der Waals surface area contributed by atoms with Crippen molar-refractivity contribution in [3.8, 4) is 0 Å². The third-order valence-electron chi connectivity index (χ3n) is 6.09. The van der Waals surface area contributed by atoms with E-state index in [2.05, 4.69) is 15.6 Å². The van der Waals surface area contributed by atoms with Crippen LogP contribution in [0.15, 0.2) is 41.1 Å². The van der Waals surface area contributed by atoms with Gasteiger partial charge in [-0.25, -0.2) is 0 Å². The number of hydrogen-bond acceptors (Lipinski definition) is 6. The second-order valence-electron chi connectivity index (χ2n) is 8.57. The van der Waals surface area contributed by atoms with Gasteiger partial charge in [-0.2, -0.15) is 0 Å². The van der Waals surface area contributed by atoms with Crippen molar-refractivity contribution in [1.82, 2.24) is 15.6 Å². The van der Waals surface area contributed by atoms with Crippen molar-refractivity contribution < 1.29 is 23.5 Å². The minimum Gasteiger partial charge on any atom is -0.464 e. The van der Waals surface area contributed by atoms with Gasteiger partial charge >= 0.3 is 11.8 Å². The van der Waals surface area contributed by atoms with E-state index in [4.69, 9.17) is 9.15 Å². The van der Waals surface area contributed by atoms with Crippen molar-refractivity contribution in [3.05, 3.63) is 48.2 Å². The van der Waals surface area contributed by atoms with E-state index in [0.29, 0.717) is 24.6 Å². The number of aryl methyl sites for hydroxylation is 1. The zero-order valence-corrected chi connectivity index (χ0v) is 18.8. The molecule has 0 unspecified atom stereocenters. The Kier molecular flexibility index (Phi) is 7.39. The fourth-order valence-electron chi connectivity index (χ4n) is 4.40. The molecular weight excluding hydrogens is 424 g/mol. The normalized spacial score (nSPS) is 19.2. The summed E-state index contributed by atoms with van der Waals surface area (Å²) in [5, 5.41) is 5.70. The molecule has 176 valence electrons. The van der Waals surface area contributed by atoms with Crippen LogP contribution in [0.3, 0.4) is 0 Å². The van der Waals surface area contributed by atoms with Gasteiger partial charge in [-0.1, -0.05) is 12.8 Å². The summed E-state index contributed by atoms with van der Waals surface area (Å²) in [7, 11) is 0. The van der Waals surface area contributed by atoms with Crippen LogP contribution in [-0.2, 0) is 19.1 Å². The third-order valence-corrected chi connectivity index (χ3v) is 6.09. The van der Waals surface area contributed by atoms with Gasteiger partial charge in [-0.3, -0.25) is 24.3 Å². The zero-order valence-electron chi connectivity index (χ0n) is 18.8. The molecule has 2 fully saturated rings. The van der Waals surface area contributed by atoms with E-state index < -0.39 is 23.8 Å². The first-order chi connectivity index (χ1) is 16.0. The van der Waals surface area contributed by atoms with Gasteiger partial charge in [0.2, 0.25) is 0 Å². The largest absolute Gasteiger partial charge is 0.464 e. The first-order valence-corrected chi connectivity index (χ1v) is 11.5. The molecule has 9 nitrogen and oxygen atoms in total. The summed E-state index contributed by atoms with van der Waals surface area (Å²) in [6, 6.07) is 5.46. The number of anilines is 1. The molecule has 9 heteroatoms. The lowest BCUT2D eigenvalue weighted by Gasteiger charge is -2.29. The molecule has 2 atom stereocenters. The number of pyridine rings is 1. The highest BCUT2D eigenvalue weighted by molar-refractivity contribution is 6.41. The van der Waals surface area contributed by atoms with Gasteiger partial charge < -0.3 is 19.8 Å². The molecule has 1 saturated heterocycles. The lowest BCUT2D eigenvalue weighted by Crippen LogP contribution is -2.51. The summed E-state index contributed by atoms with van der Waals surface area (Å²) >= 11 is 0. The second kappa shape index (κ2) is 10.6. The molecule has 1 aliphatic heterocycles. The Hall–Kier alpha value is -3.20. The molecule has 0 aromatic carbocycles. The molecule has 1 saturated carbocycles. The number of hydrogen-bond donors (Lipinski definition) is 2. The molecule has 4 rings (SSSR count). The highest BCUT2D eigenvalue weighted by atomic mass is 16.5. The molecule has 3 heterocycles. The maximum Gasteiger partial charge on any atom is 0.317 e. The van der Waals surface area contributed by atoms with E-state index in [1.165, 1.54) is 11.1 Å². The van der Waals surface area contributed by atoms with Gasteiger partial charge in [0.05, 0.1) is 18.0 Å². The van der Waals surface area contributed by atoms with E-state index in [0.717, 1.165) is 38.5 Å². The molecule has 2 aromatic heterocycles. The van der Waals surface area contributed by atoms with Crippen LogP contribution in [0.2, 0.25) is 0 Å². The Morgan fingerprint density at radius 3 is 2.61 bits per heavy atom. The van der Waals surface area contributed by atoms with Crippen LogP contribution >= 0.6 is 0 Å². The summed E-state index contributed by atoms with van der Waals surface area (Å²) in [4.78, 5) is 45.1. The number of nitrogens with zero attached hydrogens (tertiary/aromatic N) is 2. The monoisotopic (exact) mass is 454 g/mol. The zero-order chi connectivity index (χ0) is 23.2. The predicted molar refractivity (Wildman–Crippen MR) is 120 cm³/mol. The summed E-state index contributed by atoms with van der Waals surface area (Å²) in [6.45, 7) is 2.75. The van der Waals surface area contributed by atoms with E-state index in [1.807, 2.05) is 0 Å². The third kappa shape index (κ3) is 5.60. The Bertz CT molecular complexity index is 964. The number of rotatable bonds is 7. The summed E-state index contributed by atoms with van der Waals surface area (Å²) in [5.41, 5.74) is 0.329. The number of carbonyl (C=O) groups excluding carboxylic acids is 3. The van der Waals surface area contributed by atoms with Crippen molar-refractivity contribution in [1.29, 1.82) is 0 Å². The second-order valence-corrected chi connectivity index (χ2v) is 8.57. The van der Waals surface area contributed by atoms with Gasteiger partial charge in [0, 0.05) is 25.4 Å². The number of carbonyl (C=O) groups is 3. The maximum absolute atomic E-state index is 13.5. The lowest BCUT2D eigenvalue weighted by molar-refractivity contribution is -0.139. The molecule has 3 amide bonds. The van der Waals surface area contributed by atoms with Crippen molar-refractivity contribution >= 4 is 23.4 Å². The first-order valence-electron chi connectivity index (χ1n) is 11.5. The van der Waals surface area contributed by atoms with Crippen LogP contribution in [0, 0.1) is 6.92 Å². The maximum atomic E-state index is 13.5. The van der Waals surface area contributed by atoms with Gasteiger partial charge in [0.1, 0.15) is 11.5 Å². The molecule has 2 aliphatic rings. The summed E-state index contributed by atoms with van der Waals surface area (Å²) < 4.78 is 11.4. The smallest absolute Gasteiger partial charge is 0.317 e. The highest BCUT2D eigenvalue weighted by Gasteiger charge is 2.39. The van der Waals surface area contributed by atoms with E-state index in [1.54, 1.807) is 37.4 Å². The number of amides is 3. The van der Waals surface area contributed by atoms with E-state index in [9.17, 15) is 14.4 Å². The lowest BCUT2D eigenvalue weighted by atomic mass is 10.1. The van der Waals surface area contributed by atoms with Crippen LogP contribution in [0.5, 0.6) is 0 Å². The number of aromatic nitrogens is 1. The molecule has 0 radical (unpaired) electrons. The fraction of sp³-hybridized carbons (Fsp3) is 0.500. The number of ether oxygens (including phenoxy) is 1. The quantitative estimate of drug-likeness (QED) is 0.621. The van der Waals surface area contributed by atoms with Crippen LogP contribution in [0.1, 0.15) is 56.1 Å². The van der Waals surface area contributed by atoms with Crippen molar-refractivity contribution in [3.63, 3.8) is 0 Å². The minimum atomic E-state index is -1.17. The Morgan fingerprint density at radius 2 is 1.97 bits per heavy atom. The number of nitrogens with one attached hydrogen (secondary N) is 2. The molecule has 0 spiro atoms. The van der Waals surface area contributed by atoms with Crippen LogP contribution in [-0.4, -0.2) is 48.0 Å². The SMILES string of the molecule is Cc1ccc([C@H](C(=O)NC[C@H]2CCCO2)N(C(=O)C(=O)NC2CCCC2)c2cccnc2)o1. The van der Waals surface area contributed by atoms with Crippen molar-refractivity contribution in [2.24, 2.45) is 0 Å². The minimum absolute atomic E-state index is 0.0325. The molecule has 2 aromatic rings. The van der Waals surface area contributed by atoms with Gasteiger partial charge in [-0.15, -0.1) is 0 Å². The van der Waals surface area contributed by atoms with Crippen LogP contribution in [0.25, 0.3) is 0 Å². The van der Waals surface area contributed by atoms with Gasteiger partial charge in [0.25, 0.3) is 5.91 Å².